The van der Waals surface area contributed by atoms with Gasteiger partial charge in [0.05, 0.1) is 6.61 Å². The van der Waals surface area contributed by atoms with Crippen molar-refractivity contribution >= 4 is 12.0 Å². The molecule has 0 bridgehead atoms. The van der Waals surface area contributed by atoms with Crippen molar-refractivity contribution in [3.05, 3.63) is 0 Å². The molecule has 7 nitrogen and oxygen atoms in total. The van der Waals surface area contributed by atoms with E-state index in [-0.39, 0.29) is 25.0 Å². The van der Waals surface area contributed by atoms with E-state index in [1.807, 2.05) is 0 Å². The van der Waals surface area contributed by atoms with Crippen molar-refractivity contribution in [3.8, 4) is 0 Å². The fourth-order valence-corrected chi connectivity index (χ4v) is 1.22. The molecular weight excluding hydrogens is 224 g/mol. The fourth-order valence-electron chi connectivity index (χ4n) is 1.22. The van der Waals surface area contributed by atoms with Crippen LogP contribution in [-0.2, 0) is 9.53 Å². The third-order valence-electron chi connectivity index (χ3n) is 2.06. The van der Waals surface area contributed by atoms with Crippen molar-refractivity contribution in [1.82, 2.24) is 10.4 Å². The summed E-state index contributed by atoms with van der Waals surface area (Å²) in [5, 5.41) is 1.00. The monoisotopic (exact) mass is 246 g/mol. The molecule has 0 aliphatic carbocycles. The van der Waals surface area contributed by atoms with Crippen molar-refractivity contribution in [1.29, 1.82) is 0 Å². The van der Waals surface area contributed by atoms with Gasteiger partial charge in [-0.2, -0.15) is 0 Å². The molecular formula is C10H22N4O3. The van der Waals surface area contributed by atoms with Crippen LogP contribution in [0.4, 0.5) is 4.79 Å². The molecule has 0 aliphatic heterocycles. The summed E-state index contributed by atoms with van der Waals surface area (Å²) < 4.78 is 4.70. The molecule has 0 unspecified atom stereocenters. The second kappa shape index (κ2) is 8.77. The number of hydrogen-bond donors (Lipinski definition) is 3. The minimum absolute atomic E-state index is 0.156. The molecule has 7 heteroatoms. The number of ether oxygens (including phenoxy) is 1. The van der Waals surface area contributed by atoms with Crippen LogP contribution in [0.25, 0.3) is 0 Å². The van der Waals surface area contributed by atoms with E-state index in [2.05, 4.69) is 5.43 Å². The number of rotatable bonds is 6. The summed E-state index contributed by atoms with van der Waals surface area (Å²) in [7, 11) is 1.42. The molecule has 100 valence electrons. The van der Waals surface area contributed by atoms with Crippen LogP contribution in [0, 0.1) is 0 Å². The van der Waals surface area contributed by atoms with Crippen LogP contribution >= 0.6 is 0 Å². The van der Waals surface area contributed by atoms with E-state index in [0.29, 0.717) is 13.0 Å². The Balaban J connectivity index is 3.88. The summed E-state index contributed by atoms with van der Waals surface area (Å²) in [6.45, 7) is 2.50. The lowest BCUT2D eigenvalue weighted by Crippen LogP contribution is -2.45. The number of carbonyl (C=O) groups excluding carboxylic acids is 2. The molecule has 5 N–H and O–H groups in total. The van der Waals surface area contributed by atoms with E-state index in [0.717, 1.165) is 11.4 Å². The van der Waals surface area contributed by atoms with Gasteiger partial charge in [0, 0.05) is 19.5 Å². The van der Waals surface area contributed by atoms with Crippen LogP contribution in [0.3, 0.4) is 0 Å². The zero-order valence-electron chi connectivity index (χ0n) is 10.4. The Bertz CT molecular complexity index is 248. The molecule has 0 spiro atoms. The lowest BCUT2D eigenvalue weighted by atomic mass is 10.1. The van der Waals surface area contributed by atoms with Crippen molar-refractivity contribution in [3.63, 3.8) is 0 Å². The van der Waals surface area contributed by atoms with Crippen molar-refractivity contribution < 1.29 is 14.3 Å². The lowest BCUT2D eigenvalue weighted by Gasteiger charge is -2.18. The predicted molar refractivity (Wildman–Crippen MR) is 63.8 cm³/mol. The zero-order chi connectivity index (χ0) is 13.3. The topological polar surface area (TPSA) is 111 Å². The molecule has 2 amide bonds. The van der Waals surface area contributed by atoms with Crippen molar-refractivity contribution in [2.75, 3.05) is 20.2 Å². The Hall–Kier alpha value is -1.34. The van der Waals surface area contributed by atoms with Gasteiger partial charge in [-0.25, -0.2) is 9.80 Å². The Morgan fingerprint density at radius 2 is 2.12 bits per heavy atom. The van der Waals surface area contributed by atoms with E-state index in [9.17, 15) is 9.59 Å². The number of nitrogens with one attached hydrogen (secondary N) is 1. The highest BCUT2D eigenvalue weighted by atomic mass is 16.6. The third-order valence-corrected chi connectivity index (χ3v) is 2.06. The summed E-state index contributed by atoms with van der Waals surface area (Å²) in [4.78, 5) is 22.6. The summed E-state index contributed by atoms with van der Waals surface area (Å²) in [5.41, 5.74) is 13.4. The Morgan fingerprint density at radius 3 is 2.65 bits per heavy atom. The molecule has 0 rings (SSSR count). The highest BCUT2D eigenvalue weighted by Crippen LogP contribution is 1.98. The zero-order valence-corrected chi connectivity index (χ0v) is 10.4. The SMILES string of the molecule is CCOC(=O)N(C)NC(=O)C[C@@H](N)CCCN. The Labute approximate surface area is 101 Å². The van der Waals surface area contributed by atoms with Gasteiger partial charge in [-0.15, -0.1) is 0 Å². The molecule has 0 fully saturated rings. The van der Waals surface area contributed by atoms with Crippen LogP contribution in [0.2, 0.25) is 0 Å². The number of amides is 2. The lowest BCUT2D eigenvalue weighted by molar-refractivity contribution is -0.125. The van der Waals surface area contributed by atoms with Gasteiger partial charge in [0.1, 0.15) is 0 Å². The molecule has 1 atom stereocenters. The number of nitrogens with two attached hydrogens (primary N) is 2. The largest absolute Gasteiger partial charge is 0.449 e. The first kappa shape index (κ1) is 15.7. The molecule has 0 radical (unpaired) electrons. The number of hydrogen-bond acceptors (Lipinski definition) is 5. The van der Waals surface area contributed by atoms with E-state index < -0.39 is 6.09 Å². The maximum absolute atomic E-state index is 11.5. The molecule has 0 saturated heterocycles. The molecule has 17 heavy (non-hydrogen) atoms. The molecule has 0 aromatic rings. The second-order valence-electron chi connectivity index (χ2n) is 3.69. The van der Waals surface area contributed by atoms with E-state index >= 15 is 0 Å². The summed E-state index contributed by atoms with van der Waals surface area (Å²) >= 11 is 0. The average Bonchev–Trinajstić information content (AvgIpc) is 2.26. The summed E-state index contributed by atoms with van der Waals surface area (Å²) in [6, 6.07) is -0.242. The van der Waals surface area contributed by atoms with Gasteiger partial charge in [-0.3, -0.25) is 10.2 Å². The van der Waals surface area contributed by atoms with Crippen LogP contribution in [-0.4, -0.2) is 43.3 Å². The van der Waals surface area contributed by atoms with E-state index in [1.54, 1.807) is 6.92 Å². The maximum Gasteiger partial charge on any atom is 0.428 e. The smallest absolute Gasteiger partial charge is 0.428 e. The van der Waals surface area contributed by atoms with Gasteiger partial charge in [0.25, 0.3) is 0 Å². The maximum atomic E-state index is 11.5. The quantitative estimate of drug-likeness (QED) is 0.550. The van der Waals surface area contributed by atoms with Crippen LogP contribution in [0.5, 0.6) is 0 Å². The molecule has 0 aromatic carbocycles. The van der Waals surface area contributed by atoms with Gasteiger partial charge in [-0.1, -0.05) is 0 Å². The van der Waals surface area contributed by atoms with Crippen molar-refractivity contribution in [2.24, 2.45) is 11.5 Å². The normalized spacial score (nSPS) is 11.8. The first-order valence-corrected chi connectivity index (χ1v) is 5.66. The van der Waals surface area contributed by atoms with Crippen LogP contribution < -0.4 is 16.9 Å². The highest BCUT2D eigenvalue weighted by molar-refractivity contribution is 5.79. The van der Waals surface area contributed by atoms with Crippen molar-refractivity contribution in [2.45, 2.75) is 32.2 Å². The number of carbonyl (C=O) groups is 2. The van der Waals surface area contributed by atoms with Gasteiger partial charge in [-0.05, 0) is 26.3 Å². The van der Waals surface area contributed by atoms with Gasteiger partial charge < -0.3 is 16.2 Å². The summed E-state index contributed by atoms with van der Waals surface area (Å²) in [6.07, 6.45) is 1.02. The van der Waals surface area contributed by atoms with E-state index in [4.69, 9.17) is 16.2 Å². The second-order valence-corrected chi connectivity index (χ2v) is 3.69. The minimum Gasteiger partial charge on any atom is -0.449 e. The third kappa shape index (κ3) is 7.53. The predicted octanol–water partition coefficient (Wildman–Crippen LogP) is -0.438. The standard InChI is InChI=1S/C10H22N4O3/c1-3-17-10(16)14(2)13-9(15)7-8(12)5-4-6-11/h8H,3-7,11-12H2,1-2H3,(H,13,15)/t8-/m0/s1. The highest BCUT2D eigenvalue weighted by Gasteiger charge is 2.14. The first-order valence-electron chi connectivity index (χ1n) is 5.66. The Kier molecular flexibility index (Phi) is 8.08. The number of hydrazine groups is 1. The molecule has 0 saturated carbocycles. The van der Waals surface area contributed by atoms with Gasteiger partial charge in [0.15, 0.2) is 0 Å². The van der Waals surface area contributed by atoms with E-state index in [1.165, 1.54) is 7.05 Å². The average molecular weight is 246 g/mol. The van der Waals surface area contributed by atoms with Crippen LogP contribution in [0.15, 0.2) is 0 Å². The molecule has 0 heterocycles. The van der Waals surface area contributed by atoms with Gasteiger partial charge >= 0.3 is 6.09 Å². The first-order chi connectivity index (χ1) is 8.01. The number of nitrogens with zero attached hydrogens (tertiary/aromatic N) is 1. The molecule has 0 aromatic heterocycles. The van der Waals surface area contributed by atoms with Crippen LogP contribution in [0.1, 0.15) is 26.2 Å². The fraction of sp³-hybridized carbons (Fsp3) is 0.800. The Morgan fingerprint density at radius 1 is 1.47 bits per heavy atom. The molecule has 0 aliphatic rings. The summed E-state index contributed by atoms with van der Waals surface area (Å²) in [5.74, 6) is -0.315. The van der Waals surface area contributed by atoms with Gasteiger partial charge in [0.2, 0.25) is 5.91 Å². The minimum atomic E-state index is -0.601.